The van der Waals surface area contributed by atoms with Gasteiger partial charge in [-0.05, 0) is 38.5 Å². The Balaban J connectivity index is 1.58. The van der Waals surface area contributed by atoms with E-state index in [9.17, 15) is 0 Å². The van der Waals surface area contributed by atoms with Gasteiger partial charge in [0.1, 0.15) is 5.75 Å². The monoisotopic (exact) mass is 481 g/mol. The lowest BCUT2D eigenvalue weighted by Gasteiger charge is -2.36. The fourth-order valence-corrected chi connectivity index (χ4v) is 4.88. The summed E-state index contributed by atoms with van der Waals surface area (Å²) in [5.41, 5.74) is 1.84. The fraction of sp³-hybridized carbons (Fsp3) is 0.417. The number of halogens is 1. The van der Waals surface area contributed by atoms with Crippen LogP contribution in [0.5, 0.6) is 5.75 Å². The molecule has 2 atom stereocenters. The molecule has 1 aliphatic heterocycles. The lowest BCUT2D eigenvalue weighted by atomic mass is 10.1. The molecular weight excluding hydrogens is 454 g/mol. The molecule has 1 aromatic carbocycles. The number of nitrogens with one attached hydrogen (secondary N) is 1. The zero-order chi connectivity index (χ0) is 23.8. The van der Waals surface area contributed by atoms with Gasteiger partial charge in [0.25, 0.3) is 0 Å². The number of nitrogens with zero attached hydrogens (tertiary/aromatic N) is 6. The van der Waals surface area contributed by atoms with E-state index in [0.717, 1.165) is 52.8 Å². The summed E-state index contributed by atoms with van der Waals surface area (Å²) in [6.45, 7) is 8.97. The number of hydrogen-bond acceptors (Lipinski definition) is 8. The number of rotatable bonds is 6. The van der Waals surface area contributed by atoms with Crippen LogP contribution in [0.2, 0.25) is 5.02 Å². The molecule has 1 saturated heterocycles. The van der Waals surface area contributed by atoms with Gasteiger partial charge in [-0.25, -0.2) is 9.67 Å². The molecule has 5 rings (SSSR count). The number of aromatic nitrogens is 5. The summed E-state index contributed by atoms with van der Waals surface area (Å²) in [4.78, 5) is 6.97. The molecule has 3 aromatic heterocycles. The van der Waals surface area contributed by atoms with Crippen LogP contribution in [0.25, 0.3) is 21.8 Å². The van der Waals surface area contributed by atoms with Crippen molar-refractivity contribution in [3.8, 4) is 5.75 Å². The highest BCUT2D eigenvalue weighted by atomic mass is 35.5. The first-order chi connectivity index (χ1) is 16.5. The highest BCUT2D eigenvalue weighted by Crippen LogP contribution is 2.35. The van der Waals surface area contributed by atoms with Crippen molar-refractivity contribution in [1.82, 2.24) is 25.0 Å². The molecule has 178 valence electrons. The van der Waals surface area contributed by atoms with E-state index in [0.29, 0.717) is 23.1 Å². The molecular formula is C24H28ClN7O2. The van der Waals surface area contributed by atoms with Crippen molar-refractivity contribution in [1.29, 1.82) is 0 Å². The first-order valence-electron chi connectivity index (χ1n) is 11.5. The van der Waals surface area contributed by atoms with Gasteiger partial charge in [-0.2, -0.15) is 5.10 Å². The summed E-state index contributed by atoms with van der Waals surface area (Å²) < 4.78 is 13.1. The zero-order valence-corrected chi connectivity index (χ0v) is 20.5. The smallest absolute Gasteiger partial charge is 0.161 e. The van der Waals surface area contributed by atoms with Gasteiger partial charge in [0.15, 0.2) is 17.3 Å². The molecule has 4 heterocycles. The Morgan fingerprint density at radius 3 is 2.65 bits per heavy atom. The predicted molar refractivity (Wildman–Crippen MR) is 134 cm³/mol. The van der Waals surface area contributed by atoms with Crippen molar-refractivity contribution in [3.63, 3.8) is 0 Å². The van der Waals surface area contributed by atoms with Crippen LogP contribution in [0.4, 0.5) is 11.6 Å². The molecule has 0 bridgehead atoms. The number of ether oxygens (including phenoxy) is 2. The van der Waals surface area contributed by atoms with E-state index in [4.69, 9.17) is 26.1 Å². The average Bonchev–Trinajstić information content (AvgIpc) is 3.25. The number of benzene rings is 1. The molecule has 10 heteroatoms. The molecule has 0 amide bonds. The maximum absolute atomic E-state index is 6.32. The number of anilines is 2. The van der Waals surface area contributed by atoms with Crippen LogP contribution >= 0.6 is 11.6 Å². The quantitative estimate of drug-likeness (QED) is 0.436. The first-order valence-corrected chi connectivity index (χ1v) is 11.8. The van der Waals surface area contributed by atoms with Crippen LogP contribution < -0.4 is 15.0 Å². The molecule has 2 unspecified atom stereocenters. The highest BCUT2D eigenvalue weighted by Gasteiger charge is 2.26. The molecule has 1 aliphatic rings. The van der Waals surface area contributed by atoms with Crippen molar-refractivity contribution < 1.29 is 9.47 Å². The second-order valence-electron chi connectivity index (χ2n) is 8.60. The summed E-state index contributed by atoms with van der Waals surface area (Å²) >= 11 is 6.32. The van der Waals surface area contributed by atoms with Gasteiger partial charge in [-0.15, -0.1) is 10.2 Å². The fourth-order valence-electron chi connectivity index (χ4n) is 4.60. The van der Waals surface area contributed by atoms with Gasteiger partial charge in [0.2, 0.25) is 0 Å². The van der Waals surface area contributed by atoms with Gasteiger partial charge >= 0.3 is 0 Å². The van der Waals surface area contributed by atoms with E-state index in [1.165, 1.54) is 0 Å². The van der Waals surface area contributed by atoms with Crippen LogP contribution in [-0.2, 0) is 17.8 Å². The van der Waals surface area contributed by atoms with Crippen LogP contribution in [-0.4, -0.2) is 57.4 Å². The van der Waals surface area contributed by atoms with Gasteiger partial charge in [-0.1, -0.05) is 17.7 Å². The molecule has 0 aliphatic carbocycles. The van der Waals surface area contributed by atoms with E-state index in [-0.39, 0.29) is 12.2 Å². The third kappa shape index (κ3) is 4.10. The average molecular weight is 482 g/mol. The van der Waals surface area contributed by atoms with E-state index in [1.54, 1.807) is 7.11 Å². The Labute approximate surface area is 203 Å². The Bertz CT molecular complexity index is 1330. The Hall–Kier alpha value is -3.17. The molecule has 1 N–H and O–H groups in total. The van der Waals surface area contributed by atoms with Gasteiger partial charge in [-0.3, -0.25) is 0 Å². The number of morpholine rings is 1. The lowest BCUT2D eigenvalue weighted by Crippen LogP contribution is -2.46. The minimum atomic E-state index is 0.109. The van der Waals surface area contributed by atoms with Crippen molar-refractivity contribution in [2.24, 2.45) is 0 Å². The second kappa shape index (κ2) is 9.23. The van der Waals surface area contributed by atoms with Crippen molar-refractivity contribution in [2.75, 3.05) is 30.4 Å². The molecule has 9 nitrogen and oxygen atoms in total. The Morgan fingerprint density at radius 1 is 1.15 bits per heavy atom. The largest absolute Gasteiger partial charge is 0.495 e. The van der Waals surface area contributed by atoms with E-state index in [2.05, 4.69) is 46.3 Å². The van der Waals surface area contributed by atoms with E-state index in [1.807, 2.05) is 35.3 Å². The van der Waals surface area contributed by atoms with Crippen LogP contribution in [0.15, 0.2) is 30.6 Å². The van der Waals surface area contributed by atoms with Crippen molar-refractivity contribution in [2.45, 2.75) is 46.1 Å². The van der Waals surface area contributed by atoms with Crippen LogP contribution in [0, 0.1) is 0 Å². The minimum absolute atomic E-state index is 0.109. The number of pyridine rings is 1. The Kier molecular flexibility index (Phi) is 6.14. The van der Waals surface area contributed by atoms with E-state index >= 15 is 0 Å². The highest BCUT2D eigenvalue weighted by molar-refractivity contribution is 6.32. The number of hydrogen-bond donors (Lipinski definition) is 1. The maximum atomic E-state index is 6.32. The van der Waals surface area contributed by atoms with Gasteiger partial charge in [0.05, 0.1) is 35.9 Å². The topological polar surface area (TPSA) is 90.2 Å². The lowest BCUT2D eigenvalue weighted by molar-refractivity contribution is -0.00540. The van der Waals surface area contributed by atoms with Crippen molar-refractivity contribution in [3.05, 3.63) is 41.2 Å². The third-order valence-corrected chi connectivity index (χ3v) is 6.38. The summed E-state index contributed by atoms with van der Waals surface area (Å²) in [7, 11) is 1.61. The Morgan fingerprint density at radius 2 is 1.94 bits per heavy atom. The van der Waals surface area contributed by atoms with E-state index < -0.39 is 0 Å². The molecule has 0 spiro atoms. The van der Waals surface area contributed by atoms with Crippen molar-refractivity contribution >= 4 is 45.0 Å². The van der Waals surface area contributed by atoms with Crippen LogP contribution in [0.1, 0.15) is 26.3 Å². The molecule has 0 radical (unpaired) electrons. The molecule has 34 heavy (non-hydrogen) atoms. The maximum Gasteiger partial charge on any atom is 0.161 e. The molecule has 1 fully saturated rings. The second-order valence-corrected chi connectivity index (χ2v) is 9.01. The number of fused-ring (bicyclic) bond motifs is 3. The number of methoxy groups -OCH3 is 1. The number of aryl methyl sites for hydroxylation is 1. The summed E-state index contributed by atoms with van der Waals surface area (Å²) in [5.74, 6) is 2.14. The predicted octanol–water partition coefficient (Wildman–Crippen LogP) is 4.28. The summed E-state index contributed by atoms with van der Waals surface area (Å²) in [6, 6.07) is 5.73. The third-order valence-electron chi connectivity index (χ3n) is 6.08. The summed E-state index contributed by atoms with van der Waals surface area (Å²) in [5, 5.41) is 20.7. The molecule has 4 aromatic rings. The van der Waals surface area contributed by atoms with Gasteiger partial charge < -0.3 is 19.7 Å². The summed E-state index contributed by atoms with van der Waals surface area (Å²) in [6.07, 6.45) is 3.96. The van der Waals surface area contributed by atoms with Gasteiger partial charge in [0, 0.05) is 43.1 Å². The zero-order valence-electron chi connectivity index (χ0n) is 19.7. The first kappa shape index (κ1) is 22.6. The minimum Gasteiger partial charge on any atom is -0.495 e. The van der Waals surface area contributed by atoms with Crippen LogP contribution in [0.3, 0.4) is 0 Å². The standard InChI is InChI=1S/C24H28ClN7O2/c1-5-32-23-18(11-28-32)21-17(10-27-23)24(31-12-14(2)34-15(3)13-31)30-29-22(21)26-9-16-6-7-20(33-4)19(25)8-16/h6-8,10-11,14-15H,5,9,12-13H2,1-4H3,(H,26,29). The molecule has 0 saturated carbocycles. The normalized spacial score (nSPS) is 18.6. The SMILES string of the molecule is CCn1ncc2c3c(NCc4ccc(OC)c(Cl)c4)nnc(N4CC(C)OC(C)C4)c3cnc21.